The summed E-state index contributed by atoms with van der Waals surface area (Å²) in [4.78, 5) is 6.18. The molecule has 2 aromatic heterocycles. The number of nitriles is 1. The largest absolute Gasteiger partial charge is 0.300 e. The van der Waals surface area contributed by atoms with E-state index in [1.807, 2.05) is 41.3 Å². The van der Waals surface area contributed by atoms with Crippen LogP contribution >= 0.6 is 0 Å². The van der Waals surface area contributed by atoms with Gasteiger partial charge in [0, 0.05) is 10.9 Å². The molecule has 5 nitrogen and oxygen atoms in total. The van der Waals surface area contributed by atoms with Gasteiger partial charge in [-0.3, -0.25) is 4.98 Å². The van der Waals surface area contributed by atoms with Crippen molar-refractivity contribution in [1.82, 2.24) is 19.7 Å². The summed E-state index contributed by atoms with van der Waals surface area (Å²) in [5.74, 6) is 0. The molecule has 0 saturated carbocycles. The number of hydrogen-bond acceptors (Lipinski definition) is 4. The smallest absolute Gasteiger partial charge is 0.180 e. The Morgan fingerprint density at radius 2 is 2.05 bits per heavy atom. The van der Waals surface area contributed by atoms with Crippen LogP contribution in [0, 0.1) is 11.5 Å². The van der Waals surface area contributed by atoms with Crippen LogP contribution in [-0.4, -0.2) is 19.7 Å². The third kappa shape index (κ3) is 1.55. The van der Waals surface area contributed by atoms with Crippen LogP contribution in [0.15, 0.2) is 42.7 Å². The quantitative estimate of drug-likeness (QED) is 0.630. The lowest BCUT2D eigenvalue weighted by Gasteiger charge is -2.08. The Balaban J connectivity index is 1.83. The molecule has 0 amide bonds. The highest BCUT2D eigenvalue weighted by Crippen LogP contribution is 2.25. The number of benzene rings is 1. The van der Waals surface area contributed by atoms with E-state index in [4.69, 9.17) is 5.26 Å². The standard InChI is InChI=1S/C15H11N5/c16-10-19-8-12-6-18-20(15(12)9-19)13-5-11-3-1-2-4-14(11)17-7-13/h1-7H,8-9H2. The van der Waals surface area contributed by atoms with Gasteiger partial charge >= 0.3 is 0 Å². The fourth-order valence-electron chi connectivity index (χ4n) is 2.62. The lowest BCUT2D eigenvalue weighted by molar-refractivity contribution is 0.408. The number of rotatable bonds is 1. The van der Waals surface area contributed by atoms with Gasteiger partial charge in [0.15, 0.2) is 6.19 Å². The van der Waals surface area contributed by atoms with Crippen molar-refractivity contribution in [3.05, 3.63) is 54.0 Å². The van der Waals surface area contributed by atoms with Gasteiger partial charge in [0.2, 0.25) is 0 Å². The summed E-state index contributed by atoms with van der Waals surface area (Å²) in [5.41, 5.74) is 4.09. The Labute approximate surface area is 115 Å². The molecule has 3 heterocycles. The Morgan fingerprint density at radius 1 is 1.15 bits per heavy atom. The van der Waals surface area contributed by atoms with E-state index < -0.39 is 0 Å². The summed E-state index contributed by atoms with van der Waals surface area (Å²) in [5, 5.41) is 14.5. The Kier molecular flexibility index (Phi) is 2.24. The number of fused-ring (bicyclic) bond motifs is 2. The van der Waals surface area contributed by atoms with Gasteiger partial charge in [-0.15, -0.1) is 0 Å². The van der Waals surface area contributed by atoms with Crippen LogP contribution in [0.5, 0.6) is 0 Å². The SMILES string of the molecule is N#CN1Cc2cnn(-c3cnc4ccccc4c3)c2C1. The van der Waals surface area contributed by atoms with Crippen molar-refractivity contribution in [3.8, 4) is 11.9 Å². The van der Waals surface area contributed by atoms with Crippen molar-refractivity contribution in [2.45, 2.75) is 13.1 Å². The van der Waals surface area contributed by atoms with Crippen LogP contribution < -0.4 is 0 Å². The second-order valence-electron chi connectivity index (χ2n) is 4.87. The van der Waals surface area contributed by atoms with Crippen molar-refractivity contribution < 1.29 is 0 Å². The van der Waals surface area contributed by atoms with Crippen molar-refractivity contribution in [2.24, 2.45) is 0 Å². The lowest BCUT2D eigenvalue weighted by Crippen LogP contribution is -2.11. The van der Waals surface area contributed by atoms with Gasteiger partial charge < -0.3 is 4.90 Å². The van der Waals surface area contributed by atoms with Crippen LogP contribution in [-0.2, 0) is 13.1 Å². The van der Waals surface area contributed by atoms with Gasteiger partial charge in [-0.2, -0.15) is 10.4 Å². The summed E-state index contributed by atoms with van der Waals surface area (Å²) in [6, 6.07) is 10.1. The summed E-state index contributed by atoms with van der Waals surface area (Å²) < 4.78 is 1.88. The summed E-state index contributed by atoms with van der Waals surface area (Å²) >= 11 is 0. The Hall–Kier alpha value is -2.87. The molecule has 1 aromatic carbocycles. The number of pyridine rings is 1. The first-order valence-corrected chi connectivity index (χ1v) is 6.41. The molecule has 0 atom stereocenters. The van der Waals surface area contributed by atoms with E-state index in [-0.39, 0.29) is 0 Å². The summed E-state index contributed by atoms with van der Waals surface area (Å²) in [6.07, 6.45) is 5.84. The first-order valence-electron chi connectivity index (χ1n) is 6.41. The van der Waals surface area contributed by atoms with Crippen molar-refractivity contribution >= 4 is 10.9 Å². The first-order chi connectivity index (χ1) is 9.85. The Bertz CT molecular complexity index is 843. The zero-order chi connectivity index (χ0) is 13.5. The predicted molar refractivity (Wildman–Crippen MR) is 73.7 cm³/mol. The van der Waals surface area contributed by atoms with Gasteiger partial charge in [-0.25, -0.2) is 4.68 Å². The fraction of sp³-hybridized carbons (Fsp3) is 0.133. The highest BCUT2D eigenvalue weighted by Gasteiger charge is 2.23. The van der Waals surface area contributed by atoms with E-state index in [2.05, 4.69) is 22.3 Å². The third-order valence-corrected chi connectivity index (χ3v) is 3.62. The molecular weight excluding hydrogens is 250 g/mol. The number of aromatic nitrogens is 3. The second-order valence-corrected chi connectivity index (χ2v) is 4.87. The molecule has 20 heavy (non-hydrogen) atoms. The molecule has 96 valence electrons. The summed E-state index contributed by atoms with van der Waals surface area (Å²) in [6.45, 7) is 1.26. The average Bonchev–Trinajstić information content (AvgIpc) is 3.06. The fourth-order valence-corrected chi connectivity index (χ4v) is 2.62. The van der Waals surface area contributed by atoms with Gasteiger partial charge in [0.25, 0.3) is 0 Å². The normalized spacial score (nSPS) is 13.4. The van der Waals surface area contributed by atoms with Crippen LogP contribution in [0.3, 0.4) is 0 Å². The van der Waals surface area contributed by atoms with Gasteiger partial charge in [-0.05, 0) is 12.1 Å². The molecule has 5 heteroatoms. The molecule has 0 N–H and O–H groups in total. The topological polar surface area (TPSA) is 57.7 Å². The minimum absolute atomic E-state index is 0.610. The third-order valence-electron chi connectivity index (χ3n) is 3.62. The molecule has 0 radical (unpaired) electrons. The molecule has 0 spiro atoms. The maximum atomic E-state index is 8.99. The van der Waals surface area contributed by atoms with E-state index >= 15 is 0 Å². The number of para-hydroxylation sites is 1. The summed E-state index contributed by atoms with van der Waals surface area (Å²) in [7, 11) is 0. The van der Waals surface area contributed by atoms with Crippen LogP contribution in [0.2, 0.25) is 0 Å². The van der Waals surface area contributed by atoms with Crippen LogP contribution in [0.4, 0.5) is 0 Å². The molecule has 0 fully saturated rings. The minimum atomic E-state index is 0.610. The van der Waals surface area contributed by atoms with Crippen molar-refractivity contribution in [3.63, 3.8) is 0 Å². The first kappa shape index (κ1) is 11.0. The van der Waals surface area contributed by atoms with Crippen molar-refractivity contribution in [2.75, 3.05) is 0 Å². The highest BCUT2D eigenvalue weighted by atomic mass is 15.3. The average molecular weight is 261 g/mol. The second kappa shape index (κ2) is 4.07. The molecular formula is C15H11N5. The van der Waals surface area contributed by atoms with Crippen LogP contribution in [0.25, 0.3) is 16.6 Å². The van der Waals surface area contributed by atoms with E-state index in [9.17, 15) is 0 Å². The molecule has 4 rings (SSSR count). The molecule has 0 saturated heterocycles. The molecule has 0 bridgehead atoms. The zero-order valence-electron chi connectivity index (χ0n) is 10.7. The van der Waals surface area contributed by atoms with Gasteiger partial charge in [0.05, 0.1) is 42.4 Å². The van der Waals surface area contributed by atoms with Crippen molar-refractivity contribution in [1.29, 1.82) is 5.26 Å². The van der Waals surface area contributed by atoms with Gasteiger partial charge in [-0.1, -0.05) is 18.2 Å². The lowest BCUT2D eigenvalue weighted by atomic mass is 10.2. The van der Waals surface area contributed by atoms with E-state index in [0.717, 1.165) is 27.8 Å². The maximum Gasteiger partial charge on any atom is 0.180 e. The minimum Gasteiger partial charge on any atom is -0.300 e. The molecule has 3 aromatic rings. The maximum absolute atomic E-state index is 8.99. The van der Waals surface area contributed by atoms with E-state index in [1.165, 1.54) is 0 Å². The molecule has 1 aliphatic rings. The van der Waals surface area contributed by atoms with E-state index in [0.29, 0.717) is 13.1 Å². The zero-order valence-corrected chi connectivity index (χ0v) is 10.7. The highest BCUT2D eigenvalue weighted by molar-refractivity contribution is 5.80. The molecule has 0 unspecified atom stereocenters. The molecule has 1 aliphatic heterocycles. The molecule has 0 aliphatic carbocycles. The number of hydrogen-bond donors (Lipinski definition) is 0. The number of nitrogens with zero attached hydrogens (tertiary/aromatic N) is 5. The Morgan fingerprint density at radius 3 is 2.95 bits per heavy atom. The van der Waals surface area contributed by atoms with Gasteiger partial charge in [0.1, 0.15) is 0 Å². The van der Waals surface area contributed by atoms with Crippen LogP contribution in [0.1, 0.15) is 11.3 Å². The van der Waals surface area contributed by atoms with E-state index in [1.54, 1.807) is 4.90 Å². The monoisotopic (exact) mass is 261 g/mol. The predicted octanol–water partition coefficient (Wildman–Crippen LogP) is 2.22.